The summed E-state index contributed by atoms with van der Waals surface area (Å²) in [5, 5.41) is 0. The molecule has 0 atom stereocenters. The zero-order valence-corrected chi connectivity index (χ0v) is 14.6. The van der Waals surface area contributed by atoms with E-state index in [0.717, 1.165) is 9.99 Å². The number of hydrogen-bond donors (Lipinski definition) is 0. The number of carbonyl (C=O) groups excluding carboxylic acids is 2. The Balaban J connectivity index is 2.14. The standard InChI is InChI=1S/C16H21IO4/c1-12(2)9-11-20-15(18)4-3-10-21-16(19)13-5-7-14(17)8-6-13/h5-8,12H,3-4,9-11H2,1-2H3. The molecular formula is C16H21IO4. The second-order valence-corrected chi connectivity index (χ2v) is 6.39. The van der Waals surface area contributed by atoms with E-state index in [0.29, 0.717) is 24.5 Å². The molecule has 1 aromatic carbocycles. The largest absolute Gasteiger partial charge is 0.466 e. The summed E-state index contributed by atoms with van der Waals surface area (Å²) in [6.07, 6.45) is 1.63. The molecule has 1 rings (SSSR count). The van der Waals surface area contributed by atoms with Crippen LogP contribution in [-0.4, -0.2) is 25.2 Å². The summed E-state index contributed by atoms with van der Waals surface area (Å²) in [7, 11) is 0. The zero-order chi connectivity index (χ0) is 15.7. The fraction of sp³-hybridized carbons (Fsp3) is 0.500. The molecule has 0 aliphatic rings. The second-order valence-electron chi connectivity index (χ2n) is 5.15. The molecule has 0 aliphatic heterocycles. The third-order valence-corrected chi connectivity index (χ3v) is 3.52. The van der Waals surface area contributed by atoms with Gasteiger partial charge in [-0.3, -0.25) is 4.79 Å². The second kappa shape index (κ2) is 9.76. The lowest BCUT2D eigenvalue weighted by Gasteiger charge is -2.07. The van der Waals surface area contributed by atoms with Crippen LogP contribution in [0.5, 0.6) is 0 Å². The van der Waals surface area contributed by atoms with Gasteiger partial charge in [0.25, 0.3) is 0 Å². The monoisotopic (exact) mass is 404 g/mol. The maximum absolute atomic E-state index is 11.7. The summed E-state index contributed by atoms with van der Waals surface area (Å²) in [6.45, 7) is 4.85. The smallest absolute Gasteiger partial charge is 0.338 e. The highest BCUT2D eigenvalue weighted by molar-refractivity contribution is 14.1. The van der Waals surface area contributed by atoms with Gasteiger partial charge in [-0.05, 0) is 65.6 Å². The van der Waals surface area contributed by atoms with Gasteiger partial charge in [0.2, 0.25) is 0 Å². The van der Waals surface area contributed by atoms with Gasteiger partial charge in [0, 0.05) is 9.99 Å². The molecule has 0 spiro atoms. The van der Waals surface area contributed by atoms with Gasteiger partial charge in [-0.2, -0.15) is 0 Å². The first-order chi connectivity index (χ1) is 9.99. The number of ether oxygens (including phenoxy) is 2. The molecule has 0 unspecified atom stereocenters. The molecule has 0 heterocycles. The first-order valence-electron chi connectivity index (χ1n) is 7.07. The quantitative estimate of drug-likeness (QED) is 0.376. The van der Waals surface area contributed by atoms with E-state index in [-0.39, 0.29) is 25.0 Å². The zero-order valence-electron chi connectivity index (χ0n) is 12.4. The minimum atomic E-state index is -0.362. The van der Waals surface area contributed by atoms with Crippen molar-refractivity contribution in [1.29, 1.82) is 0 Å². The Kier molecular flexibility index (Phi) is 8.34. The SMILES string of the molecule is CC(C)CCOC(=O)CCCOC(=O)c1ccc(I)cc1. The van der Waals surface area contributed by atoms with Crippen molar-refractivity contribution in [3.63, 3.8) is 0 Å². The lowest BCUT2D eigenvalue weighted by atomic mass is 10.1. The summed E-state index contributed by atoms with van der Waals surface area (Å²) in [5.74, 6) is -0.0757. The minimum absolute atomic E-state index is 0.226. The Hall–Kier alpha value is -1.11. The summed E-state index contributed by atoms with van der Waals surface area (Å²) in [5.41, 5.74) is 0.523. The Morgan fingerprint density at radius 1 is 1.10 bits per heavy atom. The summed E-state index contributed by atoms with van der Waals surface area (Å²) in [6, 6.07) is 7.15. The van der Waals surface area contributed by atoms with Gasteiger partial charge < -0.3 is 9.47 Å². The summed E-state index contributed by atoms with van der Waals surface area (Å²) in [4.78, 5) is 23.1. The van der Waals surface area contributed by atoms with E-state index in [1.54, 1.807) is 12.1 Å². The highest BCUT2D eigenvalue weighted by Gasteiger charge is 2.08. The maximum atomic E-state index is 11.7. The molecule has 1 aromatic rings. The molecule has 0 radical (unpaired) electrons. The molecule has 0 amide bonds. The van der Waals surface area contributed by atoms with Gasteiger partial charge in [0.05, 0.1) is 18.8 Å². The third-order valence-electron chi connectivity index (χ3n) is 2.80. The fourth-order valence-corrected chi connectivity index (χ4v) is 1.89. The molecule has 0 saturated carbocycles. The van der Waals surface area contributed by atoms with Crippen LogP contribution >= 0.6 is 22.6 Å². The van der Waals surface area contributed by atoms with Crippen molar-refractivity contribution >= 4 is 34.5 Å². The lowest BCUT2D eigenvalue weighted by molar-refractivity contribution is -0.144. The third kappa shape index (κ3) is 8.04. The number of carbonyl (C=O) groups is 2. The molecule has 0 aromatic heterocycles. The van der Waals surface area contributed by atoms with Crippen molar-refractivity contribution in [1.82, 2.24) is 0 Å². The van der Waals surface area contributed by atoms with Crippen LogP contribution in [0.1, 0.15) is 43.5 Å². The lowest BCUT2D eigenvalue weighted by Crippen LogP contribution is -2.10. The Labute approximate surface area is 139 Å². The molecule has 116 valence electrons. The minimum Gasteiger partial charge on any atom is -0.466 e. The van der Waals surface area contributed by atoms with Crippen molar-refractivity contribution in [3.8, 4) is 0 Å². The fourth-order valence-electron chi connectivity index (χ4n) is 1.53. The number of hydrogen-bond acceptors (Lipinski definition) is 4. The maximum Gasteiger partial charge on any atom is 0.338 e. The van der Waals surface area contributed by atoms with Gasteiger partial charge >= 0.3 is 11.9 Å². The highest BCUT2D eigenvalue weighted by atomic mass is 127. The number of benzene rings is 1. The van der Waals surface area contributed by atoms with E-state index in [4.69, 9.17) is 9.47 Å². The van der Waals surface area contributed by atoms with E-state index in [2.05, 4.69) is 36.4 Å². The molecule has 0 N–H and O–H groups in total. The van der Waals surface area contributed by atoms with Crippen molar-refractivity contribution in [2.24, 2.45) is 5.92 Å². The molecular weight excluding hydrogens is 383 g/mol. The van der Waals surface area contributed by atoms with E-state index in [9.17, 15) is 9.59 Å². The van der Waals surface area contributed by atoms with E-state index in [1.807, 2.05) is 12.1 Å². The molecule has 0 saturated heterocycles. The number of halogens is 1. The molecule has 0 aliphatic carbocycles. The van der Waals surface area contributed by atoms with Gasteiger partial charge in [-0.1, -0.05) is 13.8 Å². The van der Waals surface area contributed by atoms with Crippen LogP contribution in [0.2, 0.25) is 0 Å². The molecule has 5 heteroatoms. The predicted octanol–water partition coefficient (Wildman–Crippen LogP) is 3.82. The number of esters is 2. The van der Waals surface area contributed by atoms with Crippen molar-refractivity contribution in [2.75, 3.05) is 13.2 Å². The van der Waals surface area contributed by atoms with Crippen molar-refractivity contribution in [3.05, 3.63) is 33.4 Å². The van der Waals surface area contributed by atoms with E-state index >= 15 is 0 Å². The molecule has 0 fully saturated rings. The van der Waals surface area contributed by atoms with Crippen LogP contribution in [-0.2, 0) is 14.3 Å². The first-order valence-corrected chi connectivity index (χ1v) is 8.15. The topological polar surface area (TPSA) is 52.6 Å². The average molecular weight is 404 g/mol. The molecule has 21 heavy (non-hydrogen) atoms. The Morgan fingerprint density at radius 3 is 2.38 bits per heavy atom. The summed E-state index contributed by atoms with van der Waals surface area (Å²) >= 11 is 2.17. The highest BCUT2D eigenvalue weighted by Crippen LogP contribution is 2.08. The van der Waals surface area contributed by atoms with Crippen LogP contribution in [0, 0.1) is 9.49 Å². The normalized spacial score (nSPS) is 10.5. The van der Waals surface area contributed by atoms with Crippen LogP contribution in [0.25, 0.3) is 0 Å². The van der Waals surface area contributed by atoms with Gasteiger partial charge in [-0.25, -0.2) is 4.79 Å². The Morgan fingerprint density at radius 2 is 1.76 bits per heavy atom. The number of rotatable bonds is 8. The van der Waals surface area contributed by atoms with Crippen LogP contribution in [0.15, 0.2) is 24.3 Å². The van der Waals surface area contributed by atoms with E-state index < -0.39 is 0 Å². The van der Waals surface area contributed by atoms with E-state index in [1.165, 1.54) is 0 Å². The van der Waals surface area contributed by atoms with Gasteiger partial charge in [0.15, 0.2) is 0 Å². The average Bonchev–Trinajstić information content (AvgIpc) is 2.43. The Bertz CT molecular complexity index is 454. The van der Waals surface area contributed by atoms with Gasteiger partial charge in [0.1, 0.15) is 0 Å². The van der Waals surface area contributed by atoms with Crippen molar-refractivity contribution < 1.29 is 19.1 Å². The van der Waals surface area contributed by atoms with Gasteiger partial charge in [-0.15, -0.1) is 0 Å². The van der Waals surface area contributed by atoms with Crippen LogP contribution in [0.3, 0.4) is 0 Å². The first kappa shape index (κ1) is 17.9. The predicted molar refractivity (Wildman–Crippen MR) is 89.1 cm³/mol. The summed E-state index contributed by atoms with van der Waals surface area (Å²) < 4.78 is 11.3. The van der Waals surface area contributed by atoms with Crippen molar-refractivity contribution in [2.45, 2.75) is 33.1 Å². The molecule has 0 bridgehead atoms. The van der Waals surface area contributed by atoms with Crippen LogP contribution < -0.4 is 0 Å². The van der Waals surface area contributed by atoms with Crippen LogP contribution in [0.4, 0.5) is 0 Å². The molecule has 4 nitrogen and oxygen atoms in total.